The summed E-state index contributed by atoms with van der Waals surface area (Å²) in [5, 5.41) is 2.97. The molecule has 1 aromatic heterocycles. The molecule has 0 bridgehead atoms. The number of amides is 1. The molecular formula is C26H24FN3O3S. The average Bonchev–Trinajstić information content (AvgIpc) is 3.29. The summed E-state index contributed by atoms with van der Waals surface area (Å²) in [7, 11) is 3.25. The molecule has 0 aliphatic rings. The summed E-state index contributed by atoms with van der Waals surface area (Å²) in [5.74, 6) is 0.957. The minimum Gasteiger partial charge on any atom is -0.497 e. The van der Waals surface area contributed by atoms with E-state index >= 15 is 0 Å². The highest BCUT2D eigenvalue weighted by molar-refractivity contribution is 8.00. The van der Waals surface area contributed by atoms with Gasteiger partial charge in [-0.05, 0) is 79.7 Å². The predicted octanol–water partition coefficient (Wildman–Crippen LogP) is 6.02. The molecule has 174 valence electrons. The lowest BCUT2D eigenvalue weighted by molar-refractivity contribution is -0.115. The van der Waals surface area contributed by atoms with Gasteiger partial charge in [-0.2, -0.15) is 0 Å². The van der Waals surface area contributed by atoms with Crippen LogP contribution in [0.2, 0.25) is 0 Å². The van der Waals surface area contributed by atoms with Gasteiger partial charge in [0.25, 0.3) is 0 Å². The molecule has 6 nitrogen and oxygen atoms in total. The number of aromatic amines is 1. The van der Waals surface area contributed by atoms with Crippen LogP contribution in [0.25, 0.3) is 22.5 Å². The molecule has 1 atom stereocenters. The zero-order chi connectivity index (χ0) is 24.1. The van der Waals surface area contributed by atoms with Crippen LogP contribution in [0.4, 0.5) is 10.1 Å². The van der Waals surface area contributed by atoms with E-state index < -0.39 is 5.25 Å². The molecule has 0 fully saturated rings. The highest BCUT2D eigenvalue weighted by Gasteiger charge is 2.20. The Morgan fingerprint density at radius 1 is 0.912 bits per heavy atom. The third-order valence-electron chi connectivity index (χ3n) is 5.19. The van der Waals surface area contributed by atoms with Crippen molar-refractivity contribution in [1.82, 2.24) is 9.97 Å². The first-order valence-corrected chi connectivity index (χ1v) is 11.5. The van der Waals surface area contributed by atoms with Gasteiger partial charge in [0.1, 0.15) is 17.3 Å². The molecular weight excluding hydrogens is 453 g/mol. The predicted molar refractivity (Wildman–Crippen MR) is 133 cm³/mol. The summed E-state index contributed by atoms with van der Waals surface area (Å²) in [6, 6.07) is 21.0. The standard InChI is InChI=1S/C26H24FN3O3S/c1-16(25(31)28-20-10-8-19(27)9-11-20)34-26-29-23(17-4-12-21(32-2)13-5-17)24(30-26)18-6-14-22(33-3)15-7-18/h4-16H,1-3H3,(H,28,31)(H,29,30). The average molecular weight is 478 g/mol. The number of carbonyl (C=O) groups excluding carboxylic acids is 1. The monoisotopic (exact) mass is 477 g/mol. The van der Waals surface area contributed by atoms with Crippen LogP contribution in [0, 0.1) is 5.82 Å². The normalized spacial score (nSPS) is 11.6. The number of imidazole rings is 1. The third kappa shape index (κ3) is 5.40. The lowest BCUT2D eigenvalue weighted by Crippen LogP contribution is -2.22. The number of ether oxygens (including phenoxy) is 2. The van der Waals surface area contributed by atoms with Crippen LogP contribution in [-0.4, -0.2) is 35.3 Å². The van der Waals surface area contributed by atoms with Gasteiger partial charge in [-0.15, -0.1) is 0 Å². The topological polar surface area (TPSA) is 76.2 Å². The lowest BCUT2D eigenvalue weighted by Gasteiger charge is -2.10. The molecule has 1 unspecified atom stereocenters. The Morgan fingerprint density at radius 3 is 2.03 bits per heavy atom. The molecule has 1 amide bonds. The Labute approximate surface area is 201 Å². The second kappa shape index (κ2) is 10.4. The van der Waals surface area contributed by atoms with E-state index in [1.54, 1.807) is 21.1 Å². The quantitative estimate of drug-likeness (QED) is 0.304. The number of aromatic nitrogens is 2. The largest absolute Gasteiger partial charge is 0.497 e. The van der Waals surface area contributed by atoms with Gasteiger partial charge >= 0.3 is 0 Å². The van der Waals surface area contributed by atoms with Crippen LogP contribution < -0.4 is 14.8 Å². The fraction of sp³-hybridized carbons (Fsp3) is 0.154. The number of nitrogens with one attached hydrogen (secondary N) is 2. The van der Waals surface area contributed by atoms with E-state index in [-0.39, 0.29) is 11.7 Å². The maximum Gasteiger partial charge on any atom is 0.237 e. The molecule has 1 heterocycles. The number of carbonyl (C=O) groups is 1. The van der Waals surface area contributed by atoms with Crippen LogP contribution >= 0.6 is 11.8 Å². The lowest BCUT2D eigenvalue weighted by atomic mass is 10.0. The molecule has 0 radical (unpaired) electrons. The number of benzene rings is 3. The van der Waals surface area contributed by atoms with E-state index in [4.69, 9.17) is 14.5 Å². The number of anilines is 1. The molecule has 3 aromatic carbocycles. The van der Waals surface area contributed by atoms with Crippen LogP contribution in [0.5, 0.6) is 11.5 Å². The number of nitrogens with zero attached hydrogens (tertiary/aromatic N) is 1. The maximum atomic E-state index is 13.1. The number of halogens is 1. The molecule has 0 aliphatic heterocycles. The number of hydrogen-bond acceptors (Lipinski definition) is 5. The molecule has 2 N–H and O–H groups in total. The van der Waals surface area contributed by atoms with Gasteiger partial charge in [-0.3, -0.25) is 4.79 Å². The van der Waals surface area contributed by atoms with Crippen molar-refractivity contribution < 1.29 is 18.7 Å². The van der Waals surface area contributed by atoms with Gasteiger partial charge in [-0.25, -0.2) is 9.37 Å². The second-order valence-corrected chi connectivity index (χ2v) is 8.81. The zero-order valence-electron chi connectivity index (χ0n) is 19.0. The van der Waals surface area contributed by atoms with Crippen molar-refractivity contribution in [2.75, 3.05) is 19.5 Å². The Balaban J connectivity index is 1.61. The minimum absolute atomic E-state index is 0.204. The number of thioether (sulfide) groups is 1. The second-order valence-electron chi connectivity index (χ2n) is 7.48. The van der Waals surface area contributed by atoms with Crippen molar-refractivity contribution >= 4 is 23.4 Å². The molecule has 4 rings (SSSR count). The van der Waals surface area contributed by atoms with E-state index in [2.05, 4.69) is 10.3 Å². The van der Waals surface area contributed by atoms with Crippen LogP contribution in [0.1, 0.15) is 6.92 Å². The summed E-state index contributed by atoms with van der Waals surface area (Å²) in [6.45, 7) is 1.80. The Bertz CT molecular complexity index is 1190. The number of rotatable bonds is 8. The van der Waals surface area contributed by atoms with Crippen molar-refractivity contribution in [2.45, 2.75) is 17.3 Å². The zero-order valence-corrected chi connectivity index (χ0v) is 19.8. The van der Waals surface area contributed by atoms with Crippen molar-refractivity contribution in [3.05, 3.63) is 78.6 Å². The minimum atomic E-state index is -0.441. The van der Waals surface area contributed by atoms with E-state index in [1.165, 1.54) is 36.0 Å². The first-order valence-electron chi connectivity index (χ1n) is 10.6. The smallest absolute Gasteiger partial charge is 0.237 e. The summed E-state index contributed by atoms with van der Waals surface area (Å²) in [6.07, 6.45) is 0. The molecule has 0 spiro atoms. The van der Waals surface area contributed by atoms with Crippen molar-refractivity contribution in [3.8, 4) is 34.0 Å². The Morgan fingerprint density at radius 2 is 1.47 bits per heavy atom. The first-order chi connectivity index (χ1) is 16.5. The van der Waals surface area contributed by atoms with Crippen LogP contribution in [0.15, 0.2) is 78.0 Å². The molecule has 0 aliphatic carbocycles. The number of methoxy groups -OCH3 is 2. The highest BCUT2D eigenvalue weighted by Crippen LogP contribution is 2.35. The summed E-state index contributed by atoms with van der Waals surface area (Å²) in [4.78, 5) is 20.9. The van der Waals surface area contributed by atoms with Crippen molar-refractivity contribution in [2.24, 2.45) is 0 Å². The molecule has 0 saturated heterocycles. The number of hydrogen-bond donors (Lipinski definition) is 2. The molecule has 0 saturated carbocycles. The fourth-order valence-corrected chi connectivity index (χ4v) is 4.14. The van der Waals surface area contributed by atoms with Crippen LogP contribution in [-0.2, 0) is 4.79 Å². The van der Waals surface area contributed by atoms with Gasteiger partial charge in [0.15, 0.2) is 5.16 Å². The molecule has 4 aromatic rings. The SMILES string of the molecule is COc1ccc(-c2nc(SC(C)C(=O)Nc3ccc(F)cc3)[nH]c2-c2ccc(OC)cc2)cc1. The molecule has 34 heavy (non-hydrogen) atoms. The van der Waals surface area contributed by atoms with E-state index in [0.29, 0.717) is 10.8 Å². The fourth-order valence-electron chi connectivity index (χ4n) is 3.33. The van der Waals surface area contributed by atoms with Gasteiger partial charge in [0.05, 0.1) is 30.9 Å². The van der Waals surface area contributed by atoms with E-state index in [0.717, 1.165) is 34.0 Å². The summed E-state index contributed by atoms with van der Waals surface area (Å²) >= 11 is 1.31. The maximum absolute atomic E-state index is 13.1. The van der Waals surface area contributed by atoms with Crippen LogP contribution in [0.3, 0.4) is 0 Å². The third-order valence-corrected chi connectivity index (χ3v) is 6.18. The summed E-state index contributed by atoms with van der Waals surface area (Å²) in [5.41, 5.74) is 3.99. The van der Waals surface area contributed by atoms with Gasteiger partial charge in [0.2, 0.25) is 5.91 Å². The van der Waals surface area contributed by atoms with Crippen molar-refractivity contribution in [3.63, 3.8) is 0 Å². The van der Waals surface area contributed by atoms with E-state index in [9.17, 15) is 9.18 Å². The number of H-pyrrole nitrogens is 1. The summed E-state index contributed by atoms with van der Waals surface area (Å²) < 4.78 is 23.7. The highest BCUT2D eigenvalue weighted by atomic mass is 32.2. The van der Waals surface area contributed by atoms with Crippen molar-refractivity contribution in [1.29, 1.82) is 0 Å². The first kappa shape index (κ1) is 23.4. The molecule has 8 heteroatoms. The Kier molecular flexibility index (Phi) is 7.18. The van der Waals surface area contributed by atoms with Gasteiger partial charge in [0, 0.05) is 16.8 Å². The Hall–Kier alpha value is -3.78. The van der Waals surface area contributed by atoms with Gasteiger partial charge in [-0.1, -0.05) is 11.8 Å². The van der Waals surface area contributed by atoms with Gasteiger partial charge < -0.3 is 19.8 Å². The van der Waals surface area contributed by atoms with E-state index in [1.807, 2.05) is 48.5 Å².